The third kappa shape index (κ3) is 2.20. The van der Waals surface area contributed by atoms with Crippen LogP contribution in [0.3, 0.4) is 0 Å². The van der Waals surface area contributed by atoms with Crippen molar-refractivity contribution in [3.63, 3.8) is 0 Å². The minimum atomic E-state index is 0.788. The molecule has 3 N–H and O–H groups in total. The summed E-state index contributed by atoms with van der Waals surface area (Å²) in [7, 11) is 0. The normalized spacial score (nSPS) is 11.2. The SMILES string of the molecule is Nc1ccccc1-c1c(-c2ccccc2)ccc2c1[nH]c1ccccc12. The van der Waals surface area contributed by atoms with Crippen molar-refractivity contribution < 1.29 is 0 Å². The predicted octanol–water partition coefficient (Wildman–Crippen LogP) is 6.24. The highest BCUT2D eigenvalue weighted by molar-refractivity contribution is 6.15. The van der Waals surface area contributed by atoms with E-state index in [9.17, 15) is 0 Å². The molecule has 1 aromatic heterocycles. The Balaban J connectivity index is 1.95. The number of fused-ring (bicyclic) bond motifs is 3. The topological polar surface area (TPSA) is 41.8 Å². The fraction of sp³-hybridized carbons (Fsp3) is 0. The Kier molecular flexibility index (Phi) is 3.29. The summed E-state index contributed by atoms with van der Waals surface area (Å²) in [5.41, 5.74) is 14.0. The molecule has 0 amide bonds. The van der Waals surface area contributed by atoms with Crippen LogP contribution in [0.5, 0.6) is 0 Å². The van der Waals surface area contributed by atoms with Crippen molar-refractivity contribution in [1.29, 1.82) is 0 Å². The molecule has 0 unspecified atom stereocenters. The zero-order chi connectivity index (χ0) is 17.5. The predicted molar refractivity (Wildman–Crippen MR) is 111 cm³/mol. The van der Waals surface area contributed by atoms with Crippen LogP contribution in [0.4, 0.5) is 5.69 Å². The number of H-pyrrole nitrogens is 1. The number of nitrogens with two attached hydrogens (primary N) is 1. The maximum atomic E-state index is 6.37. The van der Waals surface area contributed by atoms with Gasteiger partial charge in [0.2, 0.25) is 0 Å². The second-order valence-corrected chi connectivity index (χ2v) is 6.53. The molecule has 2 heteroatoms. The van der Waals surface area contributed by atoms with E-state index in [1.54, 1.807) is 0 Å². The molecule has 0 fully saturated rings. The molecule has 26 heavy (non-hydrogen) atoms. The van der Waals surface area contributed by atoms with Crippen LogP contribution in [0.2, 0.25) is 0 Å². The minimum Gasteiger partial charge on any atom is -0.398 e. The quantitative estimate of drug-likeness (QED) is 0.369. The molecule has 0 saturated heterocycles. The number of para-hydroxylation sites is 2. The van der Waals surface area contributed by atoms with Gasteiger partial charge in [0.25, 0.3) is 0 Å². The molecule has 5 aromatic rings. The Morgan fingerprint density at radius 2 is 1.31 bits per heavy atom. The second kappa shape index (κ2) is 5.78. The average Bonchev–Trinajstić information content (AvgIpc) is 3.07. The molecule has 2 nitrogen and oxygen atoms in total. The van der Waals surface area contributed by atoms with Gasteiger partial charge in [-0.1, -0.05) is 78.9 Å². The summed E-state index contributed by atoms with van der Waals surface area (Å²) >= 11 is 0. The maximum Gasteiger partial charge on any atom is 0.0551 e. The number of benzene rings is 4. The maximum absolute atomic E-state index is 6.37. The first-order chi connectivity index (χ1) is 12.8. The summed E-state index contributed by atoms with van der Waals surface area (Å²) in [6.45, 7) is 0. The summed E-state index contributed by atoms with van der Waals surface area (Å²) in [5, 5.41) is 2.45. The van der Waals surface area contributed by atoms with Crippen LogP contribution < -0.4 is 5.73 Å². The lowest BCUT2D eigenvalue weighted by atomic mass is 9.91. The van der Waals surface area contributed by atoms with Gasteiger partial charge in [-0.25, -0.2) is 0 Å². The molecule has 5 rings (SSSR count). The zero-order valence-corrected chi connectivity index (χ0v) is 14.2. The monoisotopic (exact) mass is 334 g/mol. The van der Waals surface area contributed by atoms with E-state index in [0.29, 0.717) is 0 Å². The van der Waals surface area contributed by atoms with Crippen molar-refractivity contribution in [2.24, 2.45) is 0 Å². The van der Waals surface area contributed by atoms with Crippen LogP contribution in [-0.4, -0.2) is 4.98 Å². The molecule has 0 radical (unpaired) electrons. The van der Waals surface area contributed by atoms with Gasteiger partial charge in [0, 0.05) is 33.1 Å². The number of hydrogen-bond acceptors (Lipinski definition) is 1. The van der Waals surface area contributed by atoms with Crippen LogP contribution >= 0.6 is 0 Å². The van der Waals surface area contributed by atoms with E-state index in [-0.39, 0.29) is 0 Å². The molecule has 0 spiro atoms. The lowest BCUT2D eigenvalue weighted by Crippen LogP contribution is -1.93. The molecule has 1 heterocycles. The number of aromatic amines is 1. The first-order valence-corrected chi connectivity index (χ1v) is 8.76. The first-order valence-electron chi connectivity index (χ1n) is 8.76. The van der Waals surface area contributed by atoms with Crippen LogP contribution in [0.1, 0.15) is 0 Å². The van der Waals surface area contributed by atoms with E-state index in [4.69, 9.17) is 5.73 Å². The Morgan fingerprint density at radius 1 is 0.577 bits per heavy atom. The van der Waals surface area contributed by atoms with Gasteiger partial charge in [0.1, 0.15) is 0 Å². The number of rotatable bonds is 2. The van der Waals surface area contributed by atoms with Crippen molar-refractivity contribution in [3.05, 3.63) is 91.0 Å². The molecule has 0 saturated carbocycles. The summed E-state index contributed by atoms with van der Waals surface area (Å²) in [4.78, 5) is 3.63. The van der Waals surface area contributed by atoms with Crippen LogP contribution in [0.25, 0.3) is 44.1 Å². The molecule has 0 aliphatic rings. The van der Waals surface area contributed by atoms with E-state index < -0.39 is 0 Å². The Hall–Kier alpha value is -3.52. The highest BCUT2D eigenvalue weighted by Crippen LogP contribution is 2.41. The fourth-order valence-corrected chi connectivity index (χ4v) is 3.78. The zero-order valence-electron chi connectivity index (χ0n) is 14.2. The summed E-state index contributed by atoms with van der Waals surface area (Å²) in [6, 6.07) is 31.4. The van der Waals surface area contributed by atoms with Crippen molar-refractivity contribution in [2.45, 2.75) is 0 Å². The number of nitrogens with one attached hydrogen (secondary N) is 1. The molecular formula is C24H18N2. The standard InChI is InChI=1S/C24H18N2/c25-21-12-6-4-11-20(21)23-17(16-8-2-1-3-9-16)14-15-19-18-10-5-7-13-22(18)26-24(19)23/h1-15,26H,25H2. The van der Waals surface area contributed by atoms with Gasteiger partial charge in [-0.2, -0.15) is 0 Å². The van der Waals surface area contributed by atoms with Crippen LogP contribution in [0, 0.1) is 0 Å². The number of aromatic nitrogens is 1. The van der Waals surface area contributed by atoms with Gasteiger partial charge in [0.05, 0.1) is 5.52 Å². The molecular weight excluding hydrogens is 316 g/mol. The molecule has 124 valence electrons. The van der Waals surface area contributed by atoms with E-state index in [0.717, 1.165) is 27.8 Å². The summed E-state index contributed by atoms with van der Waals surface area (Å²) in [6.07, 6.45) is 0. The van der Waals surface area contributed by atoms with Gasteiger partial charge in [0.15, 0.2) is 0 Å². The highest BCUT2D eigenvalue weighted by atomic mass is 14.7. The largest absolute Gasteiger partial charge is 0.398 e. The fourth-order valence-electron chi connectivity index (χ4n) is 3.78. The van der Waals surface area contributed by atoms with E-state index >= 15 is 0 Å². The number of anilines is 1. The minimum absolute atomic E-state index is 0.788. The first kappa shape index (κ1) is 14.8. The van der Waals surface area contributed by atoms with E-state index in [1.807, 2.05) is 24.3 Å². The second-order valence-electron chi connectivity index (χ2n) is 6.53. The van der Waals surface area contributed by atoms with Crippen molar-refractivity contribution in [2.75, 3.05) is 5.73 Å². The van der Waals surface area contributed by atoms with E-state index in [2.05, 4.69) is 71.7 Å². The molecule has 4 aromatic carbocycles. The van der Waals surface area contributed by atoms with Crippen molar-refractivity contribution in [1.82, 2.24) is 4.98 Å². The number of nitrogen functional groups attached to an aromatic ring is 1. The van der Waals surface area contributed by atoms with Gasteiger partial charge in [-0.3, -0.25) is 0 Å². The average molecular weight is 334 g/mol. The lowest BCUT2D eigenvalue weighted by molar-refractivity contribution is 1.53. The van der Waals surface area contributed by atoms with Gasteiger partial charge < -0.3 is 10.7 Å². The Bertz CT molecular complexity index is 1230. The molecule has 0 atom stereocenters. The third-order valence-electron chi connectivity index (χ3n) is 5.00. The van der Waals surface area contributed by atoms with Gasteiger partial charge >= 0.3 is 0 Å². The van der Waals surface area contributed by atoms with Crippen molar-refractivity contribution >= 4 is 27.5 Å². The smallest absolute Gasteiger partial charge is 0.0551 e. The Morgan fingerprint density at radius 3 is 2.15 bits per heavy atom. The Labute approximate surface area is 151 Å². The molecule has 0 aliphatic carbocycles. The molecule has 0 bridgehead atoms. The van der Waals surface area contributed by atoms with Crippen molar-refractivity contribution in [3.8, 4) is 22.3 Å². The highest BCUT2D eigenvalue weighted by Gasteiger charge is 2.16. The summed E-state index contributed by atoms with van der Waals surface area (Å²) < 4.78 is 0. The van der Waals surface area contributed by atoms with Gasteiger partial charge in [-0.05, 0) is 23.3 Å². The van der Waals surface area contributed by atoms with Crippen LogP contribution in [-0.2, 0) is 0 Å². The molecule has 0 aliphatic heterocycles. The third-order valence-corrected chi connectivity index (χ3v) is 5.00. The van der Waals surface area contributed by atoms with Crippen LogP contribution in [0.15, 0.2) is 91.0 Å². The van der Waals surface area contributed by atoms with Gasteiger partial charge in [-0.15, -0.1) is 0 Å². The summed E-state index contributed by atoms with van der Waals surface area (Å²) in [5.74, 6) is 0. The lowest BCUT2D eigenvalue weighted by Gasteiger charge is -2.14. The number of hydrogen-bond donors (Lipinski definition) is 2. The van der Waals surface area contributed by atoms with E-state index in [1.165, 1.54) is 21.9 Å².